The maximum absolute atomic E-state index is 13.7. The number of fused-ring (bicyclic) bond motifs is 2. The molecule has 2 aliphatic rings. The summed E-state index contributed by atoms with van der Waals surface area (Å²) in [5, 5.41) is 12.0. The predicted octanol–water partition coefficient (Wildman–Crippen LogP) is 5.04. The standard InChI is InChI=1S/C23H19N3O3/c1-13-10-14(26(28)29)8-9-18(13)25-19-12-23(2,3)11-17-21(19)20(22(25)27)15-6-4-5-7-16(15)24-17/h4-10,12H,11H2,1-3H3. The van der Waals surface area contributed by atoms with Gasteiger partial charge in [-0.15, -0.1) is 0 Å². The van der Waals surface area contributed by atoms with Crippen molar-refractivity contribution in [3.05, 3.63) is 81.0 Å². The Balaban J connectivity index is 1.80. The van der Waals surface area contributed by atoms with Crippen molar-refractivity contribution in [3.8, 4) is 0 Å². The van der Waals surface area contributed by atoms with Crippen LogP contribution in [0.3, 0.4) is 0 Å². The molecule has 0 N–H and O–H groups in total. The van der Waals surface area contributed by atoms with Crippen molar-refractivity contribution in [2.24, 2.45) is 5.41 Å². The van der Waals surface area contributed by atoms with Crippen molar-refractivity contribution in [1.29, 1.82) is 0 Å². The van der Waals surface area contributed by atoms with Gasteiger partial charge in [0, 0.05) is 23.1 Å². The molecule has 144 valence electrons. The molecule has 0 fully saturated rings. The van der Waals surface area contributed by atoms with Crippen LogP contribution in [-0.2, 0) is 6.42 Å². The van der Waals surface area contributed by atoms with E-state index in [9.17, 15) is 14.9 Å². The molecule has 0 unspecified atom stereocenters. The molecule has 0 saturated carbocycles. The van der Waals surface area contributed by atoms with Crippen LogP contribution in [-0.4, -0.2) is 15.8 Å². The molecule has 3 aromatic rings. The quantitative estimate of drug-likeness (QED) is 0.458. The first kappa shape index (κ1) is 17.6. The van der Waals surface area contributed by atoms with E-state index in [0.29, 0.717) is 16.8 Å². The number of carbonyl (C=O) groups excluding carboxylic acids is 1. The second-order valence-electron chi connectivity index (χ2n) is 8.39. The van der Waals surface area contributed by atoms with Crippen molar-refractivity contribution in [2.75, 3.05) is 4.90 Å². The van der Waals surface area contributed by atoms with Gasteiger partial charge in [0.25, 0.3) is 11.6 Å². The van der Waals surface area contributed by atoms with Gasteiger partial charge in [-0.2, -0.15) is 0 Å². The van der Waals surface area contributed by atoms with Crippen LogP contribution in [0.15, 0.2) is 48.5 Å². The van der Waals surface area contributed by atoms with Crippen molar-refractivity contribution in [1.82, 2.24) is 4.98 Å². The Morgan fingerprint density at radius 3 is 2.62 bits per heavy atom. The number of hydrogen-bond donors (Lipinski definition) is 0. The number of carbonyl (C=O) groups is 1. The molecule has 0 spiro atoms. The SMILES string of the molecule is Cc1cc([N+](=O)[O-])ccc1N1C(=O)c2c3c(nc4ccccc24)CC(C)(C)C=C31. The second kappa shape index (κ2) is 5.73. The van der Waals surface area contributed by atoms with Gasteiger partial charge in [-0.3, -0.25) is 24.8 Å². The summed E-state index contributed by atoms with van der Waals surface area (Å²) in [6.45, 7) is 6.05. The molecular weight excluding hydrogens is 366 g/mol. The number of pyridine rings is 1. The van der Waals surface area contributed by atoms with Gasteiger partial charge in [-0.25, -0.2) is 0 Å². The molecule has 29 heavy (non-hydrogen) atoms. The van der Waals surface area contributed by atoms with Crippen molar-refractivity contribution in [2.45, 2.75) is 27.2 Å². The van der Waals surface area contributed by atoms with E-state index >= 15 is 0 Å². The van der Waals surface area contributed by atoms with E-state index in [4.69, 9.17) is 4.98 Å². The van der Waals surface area contributed by atoms with Crippen LogP contribution < -0.4 is 4.90 Å². The van der Waals surface area contributed by atoms with Gasteiger partial charge < -0.3 is 0 Å². The highest BCUT2D eigenvalue weighted by Gasteiger charge is 2.42. The van der Waals surface area contributed by atoms with E-state index in [1.165, 1.54) is 12.1 Å². The lowest BCUT2D eigenvalue weighted by atomic mass is 9.79. The highest BCUT2D eigenvalue weighted by molar-refractivity contribution is 6.27. The summed E-state index contributed by atoms with van der Waals surface area (Å²) in [6, 6.07) is 12.3. The first-order chi connectivity index (χ1) is 13.8. The van der Waals surface area contributed by atoms with Crippen LogP contribution in [0, 0.1) is 22.5 Å². The van der Waals surface area contributed by atoms with Crippen LogP contribution in [0.4, 0.5) is 11.4 Å². The summed E-state index contributed by atoms with van der Waals surface area (Å²) in [7, 11) is 0. The summed E-state index contributed by atoms with van der Waals surface area (Å²) in [5.74, 6) is -0.110. The Morgan fingerprint density at radius 1 is 1.14 bits per heavy atom. The average Bonchev–Trinajstić information content (AvgIpc) is 2.94. The van der Waals surface area contributed by atoms with Gasteiger partial charge in [-0.05, 0) is 36.5 Å². The molecule has 0 radical (unpaired) electrons. The lowest BCUT2D eigenvalue weighted by Crippen LogP contribution is -2.26. The van der Waals surface area contributed by atoms with E-state index in [-0.39, 0.29) is 17.0 Å². The Morgan fingerprint density at radius 2 is 1.90 bits per heavy atom. The summed E-state index contributed by atoms with van der Waals surface area (Å²) in [6.07, 6.45) is 2.88. The summed E-state index contributed by atoms with van der Waals surface area (Å²) >= 11 is 0. The third kappa shape index (κ3) is 2.49. The van der Waals surface area contributed by atoms with Crippen molar-refractivity contribution >= 4 is 33.9 Å². The average molecular weight is 385 g/mol. The smallest absolute Gasteiger partial charge is 0.269 e. The van der Waals surface area contributed by atoms with Crippen LogP contribution in [0.5, 0.6) is 0 Å². The number of nitro groups is 1. The molecular formula is C23H19N3O3. The molecule has 1 aliphatic heterocycles. The minimum Gasteiger partial charge on any atom is -0.276 e. The van der Waals surface area contributed by atoms with Gasteiger partial charge in [0.1, 0.15) is 0 Å². The lowest BCUT2D eigenvalue weighted by molar-refractivity contribution is -0.384. The van der Waals surface area contributed by atoms with Gasteiger partial charge in [0.2, 0.25) is 0 Å². The van der Waals surface area contributed by atoms with Crippen LogP contribution in [0.25, 0.3) is 16.6 Å². The minimum atomic E-state index is -0.421. The maximum Gasteiger partial charge on any atom is 0.269 e. The monoisotopic (exact) mass is 385 g/mol. The number of non-ortho nitro benzene ring substituents is 1. The maximum atomic E-state index is 13.7. The predicted molar refractivity (Wildman–Crippen MR) is 112 cm³/mol. The van der Waals surface area contributed by atoms with Gasteiger partial charge >= 0.3 is 0 Å². The van der Waals surface area contributed by atoms with E-state index in [1.807, 2.05) is 24.3 Å². The van der Waals surface area contributed by atoms with Gasteiger partial charge in [0.05, 0.1) is 33.1 Å². The van der Waals surface area contributed by atoms with Crippen molar-refractivity contribution in [3.63, 3.8) is 0 Å². The molecule has 0 bridgehead atoms. The first-order valence-electron chi connectivity index (χ1n) is 9.51. The highest BCUT2D eigenvalue weighted by atomic mass is 16.6. The number of anilines is 1. The number of rotatable bonds is 2. The third-order valence-corrected chi connectivity index (χ3v) is 5.66. The largest absolute Gasteiger partial charge is 0.276 e. The second-order valence-corrected chi connectivity index (χ2v) is 8.39. The van der Waals surface area contributed by atoms with Crippen LogP contribution in [0.1, 0.15) is 41.0 Å². The van der Waals surface area contributed by atoms with Gasteiger partial charge in [0.15, 0.2) is 0 Å². The molecule has 6 nitrogen and oxygen atoms in total. The number of aromatic nitrogens is 1. The normalized spacial score (nSPS) is 16.7. The molecule has 1 amide bonds. The Bertz CT molecular complexity index is 1270. The van der Waals surface area contributed by atoms with Crippen LogP contribution >= 0.6 is 0 Å². The number of para-hydroxylation sites is 1. The molecule has 0 saturated heterocycles. The van der Waals surface area contributed by atoms with Crippen molar-refractivity contribution < 1.29 is 9.72 Å². The zero-order valence-electron chi connectivity index (χ0n) is 16.4. The molecule has 1 aromatic heterocycles. The molecule has 2 heterocycles. The number of hydrogen-bond acceptors (Lipinski definition) is 4. The zero-order valence-corrected chi connectivity index (χ0v) is 16.4. The molecule has 5 rings (SSSR count). The minimum absolute atomic E-state index is 0.0150. The van der Waals surface area contributed by atoms with E-state index in [1.54, 1.807) is 17.9 Å². The number of allylic oxidation sites excluding steroid dienone is 1. The molecule has 1 aliphatic carbocycles. The number of amides is 1. The number of benzene rings is 2. The Kier molecular flexibility index (Phi) is 3.47. The fraction of sp³-hybridized carbons (Fsp3) is 0.217. The zero-order chi connectivity index (χ0) is 20.5. The van der Waals surface area contributed by atoms with Crippen LogP contribution in [0.2, 0.25) is 0 Å². The Labute approximate surface area is 167 Å². The fourth-order valence-corrected chi connectivity index (χ4v) is 4.45. The Hall–Kier alpha value is -3.54. The molecule has 0 atom stereocenters. The summed E-state index contributed by atoms with van der Waals surface area (Å²) in [5.41, 5.74) is 5.33. The third-order valence-electron chi connectivity index (χ3n) is 5.66. The van der Waals surface area contributed by atoms with E-state index < -0.39 is 4.92 Å². The number of aryl methyl sites for hydroxylation is 1. The molecule has 6 heteroatoms. The number of nitrogens with zero attached hydrogens (tertiary/aromatic N) is 3. The number of nitro benzene ring substituents is 1. The first-order valence-corrected chi connectivity index (χ1v) is 9.51. The molecule has 2 aromatic carbocycles. The summed E-state index contributed by atoms with van der Waals surface area (Å²) < 4.78 is 0. The van der Waals surface area contributed by atoms with Gasteiger partial charge in [-0.1, -0.05) is 38.1 Å². The topological polar surface area (TPSA) is 76.3 Å². The highest BCUT2D eigenvalue weighted by Crippen LogP contribution is 2.48. The van der Waals surface area contributed by atoms with E-state index in [0.717, 1.165) is 34.3 Å². The van der Waals surface area contributed by atoms with E-state index in [2.05, 4.69) is 19.9 Å². The lowest BCUT2D eigenvalue weighted by Gasteiger charge is -2.30. The fourth-order valence-electron chi connectivity index (χ4n) is 4.45. The summed E-state index contributed by atoms with van der Waals surface area (Å²) in [4.78, 5) is 31.0.